The second-order valence-corrected chi connectivity index (χ2v) is 5.32. The van der Waals surface area contributed by atoms with Crippen molar-refractivity contribution in [3.8, 4) is 0 Å². The molecule has 112 valence electrons. The molecule has 2 nitrogen and oxygen atoms in total. The van der Waals surface area contributed by atoms with Gasteiger partial charge in [0.25, 0.3) is 0 Å². The first-order valence-electron chi connectivity index (χ1n) is 7.25. The molecule has 1 rings (SSSR count). The Morgan fingerprint density at radius 2 is 1.76 bits per heavy atom. The van der Waals surface area contributed by atoms with Crippen LogP contribution in [-0.4, -0.2) is 13.0 Å². The van der Waals surface area contributed by atoms with E-state index in [1.165, 1.54) is 16.7 Å². The summed E-state index contributed by atoms with van der Waals surface area (Å²) >= 11 is 0. The van der Waals surface area contributed by atoms with Crippen molar-refractivity contribution in [1.29, 1.82) is 0 Å². The zero-order chi connectivity index (χ0) is 15.8. The Balaban J connectivity index is 2.84. The Morgan fingerprint density at radius 1 is 1.14 bits per heavy atom. The van der Waals surface area contributed by atoms with Crippen LogP contribution < -0.4 is 5.32 Å². The number of carbonyl (C=O) groups excluding carboxylic acids is 1. The van der Waals surface area contributed by atoms with Crippen LogP contribution in [0.3, 0.4) is 0 Å². The van der Waals surface area contributed by atoms with E-state index in [4.69, 9.17) is 0 Å². The summed E-state index contributed by atoms with van der Waals surface area (Å²) < 4.78 is 0. The van der Waals surface area contributed by atoms with Crippen LogP contribution in [0.2, 0.25) is 0 Å². The molecule has 0 unspecified atom stereocenters. The van der Waals surface area contributed by atoms with E-state index in [1.54, 1.807) is 7.05 Å². The minimum Gasteiger partial charge on any atom is -0.355 e. The summed E-state index contributed by atoms with van der Waals surface area (Å²) in [5.41, 5.74) is 5.62. The molecule has 0 fully saturated rings. The molecule has 0 radical (unpaired) electrons. The summed E-state index contributed by atoms with van der Waals surface area (Å²) in [6.07, 6.45) is 7.07. The second kappa shape index (κ2) is 8.25. The number of hydrogen-bond acceptors (Lipinski definition) is 1. The summed E-state index contributed by atoms with van der Waals surface area (Å²) in [5.74, 6) is -0.0386. The maximum absolute atomic E-state index is 11.5. The van der Waals surface area contributed by atoms with Gasteiger partial charge in [-0.15, -0.1) is 0 Å². The molecular formula is C19H25NO. The summed E-state index contributed by atoms with van der Waals surface area (Å²) in [7, 11) is 1.65. The monoisotopic (exact) mass is 283 g/mol. The van der Waals surface area contributed by atoms with Crippen molar-refractivity contribution in [1.82, 2.24) is 5.32 Å². The lowest BCUT2D eigenvalue weighted by atomic mass is 10.0. The summed E-state index contributed by atoms with van der Waals surface area (Å²) in [6.45, 7) is 7.98. The first kappa shape index (κ1) is 17.0. The van der Waals surface area contributed by atoms with Crippen LogP contribution in [-0.2, 0) is 11.2 Å². The van der Waals surface area contributed by atoms with Gasteiger partial charge in [-0.05, 0) is 45.3 Å². The van der Waals surface area contributed by atoms with Gasteiger partial charge in [-0.2, -0.15) is 0 Å². The molecule has 0 bridgehead atoms. The van der Waals surface area contributed by atoms with Gasteiger partial charge in [-0.1, -0.05) is 53.6 Å². The van der Waals surface area contributed by atoms with E-state index in [2.05, 4.69) is 48.7 Å². The van der Waals surface area contributed by atoms with Crippen LogP contribution >= 0.6 is 0 Å². The molecule has 21 heavy (non-hydrogen) atoms. The molecule has 1 aromatic rings. The normalized spacial score (nSPS) is 13.3. The van der Waals surface area contributed by atoms with Gasteiger partial charge >= 0.3 is 0 Å². The minimum atomic E-state index is -0.0386. The average Bonchev–Trinajstić information content (AvgIpc) is 2.47. The fourth-order valence-corrected chi connectivity index (χ4v) is 2.12. The van der Waals surface area contributed by atoms with Gasteiger partial charge in [-0.3, -0.25) is 4.79 Å². The molecule has 0 heterocycles. The van der Waals surface area contributed by atoms with Gasteiger partial charge in [0.1, 0.15) is 0 Å². The lowest BCUT2D eigenvalue weighted by molar-refractivity contribution is -0.116. The SMILES string of the molecule is C/C=C(/C=C(C)\C=C(/C)C(=O)NC)Cc1ccc(C)cc1. The highest BCUT2D eigenvalue weighted by Crippen LogP contribution is 2.13. The average molecular weight is 283 g/mol. The van der Waals surface area contributed by atoms with Crippen molar-refractivity contribution in [3.63, 3.8) is 0 Å². The Morgan fingerprint density at radius 3 is 2.29 bits per heavy atom. The van der Waals surface area contributed by atoms with E-state index in [-0.39, 0.29) is 5.91 Å². The Labute approximate surface area is 128 Å². The zero-order valence-electron chi connectivity index (χ0n) is 13.7. The van der Waals surface area contributed by atoms with Gasteiger partial charge in [-0.25, -0.2) is 0 Å². The standard InChI is InChI=1S/C19H25NO/c1-6-17(13-18-9-7-14(2)8-10-18)12-15(3)11-16(4)19(21)20-5/h6-12H,13H2,1-5H3,(H,20,21)/b15-12-,16-11+,17-6-. The fourth-order valence-electron chi connectivity index (χ4n) is 2.12. The van der Waals surface area contributed by atoms with Crippen LogP contribution in [0, 0.1) is 6.92 Å². The Kier molecular flexibility index (Phi) is 6.67. The molecular weight excluding hydrogens is 258 g/mol. The van der Waals surface area contributed by atoms with Crippen LogP contribution in [0.25, 0.3) is 0 Å². The molecule has 2 heteroatoms. The topological polar surface area (TPSA) is 29.1 Å². The van der Waals surface area contributed by atoms with E-state index >= 15 is 0 Å². The van der Waals surface area contributed by atoms with E-state index in [0.29, 0.717) is 0 Å². The molecule has 0 saturated carbocycles. The smallest absolute Gasteiger partial charge is 0.246 e. The number of hydrogen-bond donors (Lipinski definition) is 1. The van der Waals surface area contributed by atoms with Crippen molar-refractivity contribution in [2.45, 2.75) is 34.1 Å². The molecule has 1 amide bonds. The number of allylic oxidation sites excluding steroid dienone is 5. The number of rotatable bonds is 5. The van der Waals surface area contributed by atoms with Crippen LogP contribution in [0.4, 0.5) is 0 Å². The van der Waals surface area contributed by atoms with Crippen LogP contribution in [0.1, 0.15) is 31.9 Å². The van der Waals surface area contributed by atoms with Crippen LogP contribution in [0.15, 0.2) is 59.2 Å². The quantitative estimate of drug-likeness (QED) is 0.639. The number of carbonyl (C=O) groups is 1. The highest BCUT2D eigenvalue weighted by atomic mass is 16.1. The fraction of sp³-hybridized carbons (Fsp3) is 0.316. The molecule has 0 saturated heterocycles. The molecule has 0 atom stereocenters. The van der Waals surface area contributed by atoms with Gasteiger partial charge in [0, 0.05) is 12.6 Å². The third kappa shape index (κ3) is 5.82. The lowest BCUT2D eigenvalue weighted by Crippen LogP contribution is -2.18. The third-order valence-electron chi connectivity index (χ3n) is 3.34. The highest BCUT2D eigenvalue weighted by Gasteiger charge is 2.01. The Hall–Kier alpha value is -2.09. The molecule has 0 spiro atoms. The number of aryl methyl sites for hydroxylation is 1. The number of likely N-dealkylation sites (N-methyl/N-ethyl adjacent to an activating group) is 1. The molecule has 0 aromatic heterocycles. The van der Waals surface area contributed by atoms with Gasteiger partial charge in [0.05, 0.1) is 0 Å². The van der Waals surface area contributed by atoms with Crippen LogP contribution in [0.5, 0.6) is 0 Å². The van der Waals surface area contributed by atoms with E-state index < -0.39 is 0 Å². The number of benzene rings is 1. The van der Waals surface area contributed by atoms with E-state index in [1.807, 2.05) is 26.8 Å². The Bertz CT molecular complexity index is 574. The predicted octanol–water partition coefficient (Wildman–Crippen LogP) is 4.12. The molecule has 0 aliphatic carbocycles. The first-order valence-corrected chi connectivity index (χ1v) is 7.25. The van der Waals surface area contributed by atoms with Crippen molar-refractivity contribution in [3.05, 3.63) is 70.3 Å². The van der Waals surface area contributed by atoms with Crippen molar-refractivity contribution in [2.24, 2.45) is 0 Å². The van der Waals surface area contributed by atoms with E-state index in [9.17, 15) is 4.79 Å². The third-order valence-corrected chi connectivity index (χ3v) is 3.34. The predicted molar refractivity (Wildman–Crippen MR) is 90.2 cm³/mol. The molecule has 0 aliphatic rings. The minimum absolute atomic E-state index is 0.0386. The van der Waals surface area contributed by atoms with Gasteiger partial charge < -0.3 is 5.32 Å². The molecule has 1 N–H and O–H groups in total. The lowest BCUT2D eigenvalue weighted by Gasteiger charge is -2.05. The highest BCUT2D eigenvalue weighted by molar-refractivity contribution is 5.93. The zero-order valence-corrected chi connectivity index (χ0v) is 13.7. The largest absolute Gasteiger partial charge is 0.355 e. The molecule has 0 aliphatic heterocycles. The van der Waals surface area contributed by atoms with Crippen molar-refractivity contribution in [2.75, 3.05) is 7.05 Å². The van der Waals surface area contributed by atoms with E-state index in [0.717, 1.165) is 17.6 Å². The summed E-state index contributed by atoms with van der Waals surface area (Å²) in [5, 5.41) is 2.63. The number of nitrogens with one attached hydrogen (secondary N) is 1. The second-order valence-electron chi connectivity index (χ2n) is 5.32. The maximum atomic E-state index is 11.5. The van der Waals surface area contributed by atoms with Gasteiger partial charge in [0.2, 0.25) is 5.91 Å². The van der Waals surface area contributed by atoms with Gasteiger partial charge in [0.15, 0.2) is 0 Å². The van der Waals surface area contributed by atoms with Crippen molar-refractivity contribution < 1.29 is 4.79 Å². The molecule has 1 aromatic carbocycles. The summed E-state index contributed by atoms with van der Waals surface area (Å²) in [6, 6.07) is 8.59. The van der Waals surface area contributed by atoms with Crippen molar-refractivity contribution >= 4 is 5.91 Å². The number of amides is 1. The maximum Gasteiger partial charge on any atom is 0.246 e. The summed E-state index contributed by atoms with van der Waals surface area (Å²) in [4.78, 5) is 11.5. The first-order chi connectivity index (χ1) is 9.96.